The highest BCUT2D eigenvalue weighted by Crippen LogP contribution is 2.52. The lowest BCUT2D eigenvalue weighted by atomic mass is 9.83. The van der Waals surface area contributed by atoms with Crippen LogP contribution < -0.4 is 9.47 Å². The number of fused-ring (bicyclic) bond motifs is 7. The van der Waals surface area contributed by atoms with Gasteiger partial charge in [-0.15, -0.1) is 0 Å². The number of ether oxygens (including phenoxy) is 2. The average molecular weight is 445 g/mol. The van der Waals surface area contributed by atoms with E-state index < -0.39 is 0 Å². The van der Waals surface area contributed by atoms with E-state index in [9.17, 15) is 4.79 Å². The first-order valence-corrected chi connectivity index (χ1v) is 10.9. The van der Waals surface area contributed by atoms with Gasteiger partial charge in [0.25, 0.3) is 5.91 Å². The van der Waals surface area contributed by atoms with Gasteiger partial charge in [-0.25, -0.2) is 0 Å². The van der Waals surface area contributed by atoms with Gasteiger partial charge in [0, 0.05) is 34.1 Å². The van der Waals surface area contributed by atoms with Crippen molar-refractivity contribution in [3.8, 4) is 11.5 Å². The number of hydrogen-bond acceptors (Lipinski definition) is 3. The van der Waals surface area contributed by atoms with Crippen molar-refractivity contribution in [2.45, 2.75) is 12.0 Å². The fourth-order valence-corrected chi connectivity index (χ4v) is 5.48. The van der Waals surface area contributed by atoms with Crippen LogP contribution in [0.2, 0.25) is 5.02 Å². The van der Waals surface area contributed by atoms with Gasteiger partial charge in [-0.05, 0) is 41.0 Å². The Morgan fingerprint density at radius 3 is 2.53 bits per heavy atom. The molecule has 0 fully saturated rings. The lowest BCUT2D eigenvalue weighted by Gasteiger charge is -2.36. The molecule has 0 saturated carbocycles. The average Bonchev–Trinajstić information content (AvgIpc) is 3.34. The first-order chi connectivity index (χ1) is 15.6. The van der Waals surface area contributed by atoms with Crippen LogP contribution in [-0.4, -0.2) is 36.6 Å². The summed E-state index contributed by atoms with van der Waals surface area (Å²) in [5.41, 5.74) is 6.01. The van der Waals surface area contributed by atoms with Crippen molar-refractivity contribution >= 4 is 28.4 Å². The van der Waals surface area contributed by atoms with E-state index in [1.54, 1.807) is 14.2 Å². The summed E-state index contributed by atoms with van der Waals surface area (Å²) in [5, 5.41) is 1.88. The number of hydrogen-bond donors (Lipinski definition) is 1. The molecular formula is C26H21ClN2O3. The van der Waals surface area contributed by atoms with Crippen LogP contribution in [0.25, 0.3) is 10.9 Å². The number of aromatic amines is 1. The molecule has 2 aliphatic heterocycles. The number of nitrogens with zero attached hydrogens (tertiary/aromatic N) is 1. The van der Waals surface area contributed by atoms with E-state index >= 15 is 0 Å². The maximum atomic E-state index is 13.7. The summed E-state index contributed by atoms with van der Waals surface area (Å²) >= 11 is 6.16. The topological polar surface area (TPSA) is 54.6 Å². The van der Waals surface area contributed by atoms with Crippen LogP contribution in [0.5, 0.6) is 11.5 Å². The molecule has 0 unspecified atom stereocenters. The maximum Gasteiger partial charge on any atom is 0.259 e. The minimum absolute atomic E-state index is 0.0285. The predicted octanol–water partition coefficient (Wildman–Crippen LogP) is 5.53. The van der Waals surface area contributed by atoms with Gasteiger partial charge >= 0.3 is 0 Å². The second-order valence-electron chi connectivity index (χ2n) is 8.23. The third kappa shape index (κ3) is 2.55. The van der Waals surface area contributed by atoms with Crippen LogP contribution in [0.4, 0.5) is 0 Å². The van der Waals surface area contributed by atoms with Gasteiger partial charge in [0.15, 0.2) is 11.5 Å². The number of halogens is 1. The number of H-pyrrole nitrogens is 1. The lowest BCUT2D eigenvalue weighted by Crippen LogP contribution is -2.37. The number of nitrogens with one attached hydrogen (secondary N) is 1. The highest BCUT2D eigenvalue weighted by Gasteiger charge is 2.47. The lowest BCUT2D eigenvalue weighted by molar-refractivity contribution is 0.0725. The van der Waals surface area contributed by atoms with E-state index in [4.69, 9.17) is 21.1 Å². The van der Waals surface area contributed by atoms with Crippen molar-refractivity contribution < 1.29 is 14.3 Å². The molecule has 4 aromatic rings. The minimum atomic E-state index is -0.191. The van der Waals surface area contributed by atoms with Crippen LogP contribution >= 0.6 is 11.6 Å². The molecule has 3 aromatic carbocycles. The fourth-order valence-electron chi connectivity index (χ4n) is 5.35. The Labute approximate surface area is 190 Å². The van der Waals surface area contributed by atoms with Crippen LogP contribution in [-0.2, 0) is 0 Å². The van der Waals surface area contributed by atoms with E-state index in [0.29, 0.717) is 28.6 Å². The molecule has 0 saturated heterocycles. The van der Waals surface area contributed by atoms with Crippen molar-refractivity contribution in [2.75, 3.05) is 20.8 Å². The smallest absolute Gasteiger partial charge is 0.259 e. The number of amides is 1. The van der Waals surface area contributed by atoms with Crippen LogP contribution in [0, 0.1) is 0 Å². The van der Waals surface area contributed by atoms with E-state index in [1.165, 1.54) is 10.9 Å². The molecule has 0 bridgehead atoms. The van der Waals surface area contributed by atoms with E-state index in [2.05, 4.69) is 35.3 Å². The summed E-state index contributed by atoms with van der Waals surface area (Å²) in [6.45, 7) is 0.570. The van der Waals surface area contributed by atoms with Crippen molar-refractivity contribution in [2.24, 2.45) is 0 Å². The summed E-state index contributed by atoms with van der Waals surface area (Å²) in [6, 6.07) is 19.9. The molecule has 2 atom stereocenters. The van der Waals surface area contributed by atoms with Gasteiger partial charge in [0.05, 0.1) is 25.8 Å². The normalized spacial score (nSPS) is 19.0. The third-order valence-corrected chi connectivity index (χ3v) is 6.96. The van der Waals surface area contributed by atoms with Crippen molar-refractivity contribution in [1.82, 2.24) is 9.88 Å². The minimum Gasteiger partial charge on any atom is -0.493 e. The first-order valence-electron chi connectivity index (χ1n) is 10.5. The summed E-state index contributed by atoms with van der Waals surface area (Å²) < 4.78 is 11.1. The summed E-state index contributed by atoms with van der Waals surface area (Å²) in [5.74, 6) is 1.04. The molecule has 6 heteroatoms. The van der Waals surface area contributed by atoms with E-state index in [0.717, 1.165) is 22.3 Å². The van der Waals surface area contributed by atoms with E-state index in [-0.39, 0.29) is 17.9 Å². The number of aromatic nitrogens is 1. The molecule has 5 nitrogen and oxygen atoms in total. The Morgan fingerprint density at radius 1 is 1.00 bits per heavy atom. The second kappa shape index (κ2) is 7.04. The van der Waals surface area contributed by atoms with Gasteiger partial charge in [0.1, 0.15) is 0 Å². The molecule has 1 amide bonds. The Balaban J connectivity index is 1.61. The molecule has 0 radical (unpaired) electrons. The van der Waals surface area contributed by atoms with Crippen molar-refractivity contribution in [1.29, 1.82) is 0 Å². The summed E-state index contributed by atoms with van der Waals surface area (Å²) in [7, 11) is 3.16. The zero-order chi connectivity index (χ0) is 22.0. The number of rotatable bonds is 3. The molecule has 3 heterocycles. The highest BCUT2D eigenvalue weighted by atomic mass is 35.5. The number of para-hydroxylation sites is 1. The molecule has 6 rings (SSSR count). The molecule has 0 spiro atoms. The van der Waals surface area contributed by atoms with Gasteiger partial charge < -0.3 is 19.4 Å². The molecule has 160 valence electrons. The molecule has 2 aliphatic rings. The van der Waals surface area contributed by atoms with E-state index in [1.807, 2.05) is 35.2 Å². The SMILES string of the molecule is COc1ccc2c(c1OC)C(=O)N1C[C@@H](c3ccc(Cl)cc3)c3c([nH]c4ccccc34)[C@H]21. The zero-order valence-electron chi connectivity index (χ0n) is 17.7. The van der Waals surface area contributed by atoms with Crippen LogP contribution in [0.1, 0.15) is 44.7 Å². The summed E-state index contributed by atoms with van der Waals surface area (Å²) in [6.07, 6.45) is 0. The zero-order valence-corrected chi connectivity index (χ0v) is 18.4. The fraction of sp³-hybridized carbons (Fsp3) is 0.192. The summed E-state index contributed by atoms with van der Waals surface area (Å²) in [4.78, 5) is 19.3. The number of benzene rings is 3. The highest BCUT2D eigenvalue weighted by molar-refractivity contribution is 6.30. The third-order valence-electron chi connectivity index (χ3n) is 6.71. The first kappa shape index (κ1) is 19.3. The number of methoxy groups -OCH3 is 2. The second-order valence-corrected chi connectivity index (χ2v) is 8.66. The Hall–Kier alpha value is -3.44. The Bertz CT molecular complexity index is 1380. The largest absolute Gasteiger partial charge is 0.493 e. The Morgan fingerprint density at radius 2 is 1.78 bits per heavy atom. The monoisotopic (exact) mass is 444 g/mol. The van der Waals surface area contributed by atoms with Crippen molar-refractivity contribution in [3.05, 3.63) is 93.6 Å². The quantitative estimate of drug-likeness (QED) is 0.452. The molecule has 1 N–H and O–H groups in total. The number of carbonyl (C=O) groups excluding carboxylic acids is 1. The van der Waals surface area contributed by atoms with Gasteiger partial charge in [-0.3, -0.25) is 4.79 Å². The van der Waals surface area contributed by atoms with Gasteiger partial charge in [-0.1, -0.05) is 48.0 Å². The van der Waals surface area contributed by atoms with Crippen molar-refractivity contribution in [3.63, 3.8) is 0 Å². The van der Waals surface area contributed by atoms with Gasteiger partial charge in [-0.2, -0.15) is 0 Å². The predicted molar refractivity (Wildman–Crippen MR) is 124 cm³/mol. The molecule has 1 aromatic heterocycles. The van der Waals surface area contributed by atoms with Crippen LogP contribution in [0.3, 0.4) is 0 Å². The number of carbonyl (C=O) groups is 1. The van der Waals surface area contributed by atoms with Gasteiger partial charge in [0.2, 0.25) is 0 Å². The Kier molecular flexibility index (Phi) is 4.24. The molecular weight excluding hydrogens is 424 g/mol. The molecule has 32 heavy (non-hydrogen) atoms. The standard InChI is InChI=1S/C26H21ClN2O3/c1-31-20-12-11-17-22(25(20)32-2)26(30)29-13-18(14-7-9-15(27)10-8-14)21-16-5-3-4-6-19(16)28-23(21)24(17)29/h3-12,18,24,28H,13H2,1-2H3/t18-,24-/m0/s1. The molecule has 0 aliphatic carbocycles. The van der Waals surface area contributed by atoms with Crippen LogP contribution in [0.15, 0.2) is 60.7 Å². The maximum absolute atomic E-state index is 13.7.